The molecule has 0 saturated carbocycles. The Morgan fingerprint density at radius 3 is 2.72 bits per heavy atom. The molecule has 4 nitrogen and oxygen atoms in total. The molecule has 1 fully saturated rings. The molecule has 0 spiro atoms. The number of hydrogen-bond acceptors (Lipinski definition) is 3. The van der Waals surface area contributed by atoms with Gasteiger partial charge in [-0.25, -0.2) is 13.4 Å². The molecule has 2 aromatic heterocycles. The van der Waals surface area contributed by atoms with Crippen molar-refractivity contribution in [2.24, 2.45) is 0 Å². The predicted octanol–water partition coefficient (Wildman–Crippen LogP) is 1.93. The van der Waals surface area contributed by atoms with E-state index in [1.54, 1.807) is 0 Å². The number of nitrogens with zero attached hydrogens (tertiary/aromatic N) is 2. The Morgan fingerprint density at radius 2 is 2.00 bits per heavy atom. The molecule has 3 heterocycles. The highest BCUT2D eigenvalue weighted by atomic mass is 32.2. The summed E-state index contributed by atoms with van der Waals surface area (Å²) in [5.41, 5.74) is 2.26. The quantitative estimate of drug-likeness (QED) is 0.791. The van der Waals surface area contributed by atoms with E-state index in [1.165, 1.54) is 5.56 Å². The van der Waals surface area contributed by atoms with Crippen molar-refractivity contribution in [3.8, 4) is 0 Å². The number of sulfone groups is 1. The van der Waals surface area contributed by atoms with E-state index < -0.39 is 9.84 Å². The van der Waals surface area contributed by atoms with Crippen molar-refractivity contribution in [1.29, 1.82) is 0 Å². The van der Waals surface area contributed by atoms with Crippen molar-refractivity contribution in [3.05, 3.63) is 35.9 Å². The van der Waals surface area contributed by atoms with Crippen molar-refractivity contribution in [2.75, 3.05) is 11.5 Å². The number of imidazole rings is 1. The molecule has 96 valence electrons. The van der Waals surface area contributed by atoms with E-state index in [-0.39, 0.29) is 5.92 Å². The number of pyridine rings is 1. The molecule has 1 aliphatic heterocycles. The van der Waals surface area contributed by atoms with Crippen LogP contribution in [0.1, 0.15) is 30.1 Å². The molecule has 0 atom stereocenters. The van der Waals surface area contributed by atoms with Crippen molar-refractivity contribution < 1.29 is 8.42 Å². The van der Waals surface area contributed by atoms with E-state index in [2.05, 4.69) is 28.6 Å². The monoisotopic (exact) mass is 264 g/mol. The molecule has 5 heteroatoms. The van der Waals surface area contributed by atoms with Gasteiger partial charge >= 0.3 is 0 Å². The van der Waals surface area contributed by atoms with Crippen molar-refractivity contribution in [3.63, 3.8) is 0 Å². The van der Waals surface area contributed by atoms with Crippen LogP contribution in [0, 0.1) is 6.92 Å². The maximum absolute atomic E-state index is 11.5. The molecule has 0 amide bonds. The van der Waals surface area contributed by atoms with Gasteiger partial charge < -0.3 is 4.40 Å². The van der Waals surface area contributed by atoms with Crippen molar-refractivity contribution in [1.82, 2.24) is 9.38 Å². The highest BCUT2D eigenvalue weighted by molar-refractivity contribution is 7.91. The van der Waals surface area contributed by atoms with Gasteiger partial charge in [0.2, 0.25) is 0 Å². The van der Waals surface area contributed by atoms with E-state index in [0.29, 0.717) is 24.3 Å². The molecule has 0 unspecified atom stereocenters. The maximum Gasteiger partial charge on any atom is 0.150 e. The largest absolute Gasteiger partial charge is 0.303 e. The lowest BCUT2D eigenvalue weighted by Gasteiger charge is -2.21. The van der Waals surface area contributed by atoms with Crippen LogP contribution >= 0.6 is 0 Å². The second-order valence-corrected chi connectivity index (χ2v) is 7.35. The van der Waals surface area contributed by atoms with E-state index >= 15 is 0 Å². The van der Waals surface area contributed by atoms with Gasteiger partial charge in [0.1, 0.15) is 15.7 Å². The van der Waals surface area contributed by atoms with Gasteiger partial charge in [-0.1, -0.05) is 6.07 Å². The molecule has 2 aromatic rings. The Kier molecular flexibility index (Phi) is 2.66. The highest BCUT2D eigenvalue weighted by Gasteiger charge is 2.27. The second-order valence-electron chi connectivity index (χ2n) is 5.04. The third kappa shape index (κ3) is 2.03. The molecule has 18 heavy (non-hydrogen) atoms. The highest BCUT2D eigenvalue weighted by Crippen LogP contribution is 2.28. The molecule has 3 rings (SSSR count). The molecular weight excluding hydrogens is 248 g/mol. The van der Waals surface area contributed by atoms with Crippen LogP contribution in [0.25, 0.3) is 5.52 Å². The summed E-state index contributed by atoms with van der Waals surface area (Å²) >= 11 is 0. The smallest absolute Gasteiger partial charge is 0.150 e. The van der Waals surface area contributed by atoms with Crippen LogP contribution in [0.4, 0.5) is 0 Å². The summed E-state index contributed by atoms with van der Waals surface area (Å²) in [6.07, 6.45) is 5.31. The van der Waals surface area contributed by atoms with Crippen LogP contribution in [-0.4, -0.2) is 29.3 Å². The minimum atomic E-state index is -2.81. The fraction of sp³-hybridized carbons (Fsp3) is 0.462. The summed E-state index contributed by atoms with van der Waals surface area (Å²) in [5.74, 6) is 1.85. The Bertz CT molecular complexity index is 674. The standard InChI is InChI=1S/C13H16N2O2S/c1-10-2-3-12-8-14-13(15(12)9-10)11-4-6-18(16,17)7-5-11/h2-3,8-9,11H,4-7H2,1H3. The molecule has 0 aromatic carbocycles. The lowest BCUT2D eigenvalue weighted by Crippen LogP contribution is -2.23. The minimum Gasteiger partial charge on any atom is -0.303 e. The first-order valence-electron chi connectivity index (χ1n) is 6.19. The average Bonchev–Trinajstić information content (AvgIpc) is 2.72. The molecule has 0 bridgehead atoms. The lowest BCUT2D eigenvalue weighted by molar-refractivity contribution is 0.536. The van der Waals surface area contributed by atoms with Gasteiger partial charge in [-0.3, -0.25) is 0 Å². The molecule has 1 saturated heterocycles. The molecular formula is C13H16N2O2S. The van der Waals surface area contributed by atoms with Gasteiger partial charge in [0, 0.05) is 12.1 Å². The Balaban J connectivity index is 1.98. The van der Waals surface area contributed by atoms with E-state index in [0.717, 1.165) is 11.3 Å². The summed E-state index contributed by atoms with van der Waals surface area (Å²) in [6, 6.07) is 4.11. The molecule has 0 N–H and O–H groups in total. The summed E-state index contributed by atoms with van der Waals surface area (Å²) in [6.45, 7) is 2.05. The topological polar surface area (TPSA) is 51.4 Å². The number of hydrogen-bond donors (Lipinski definition) is 0. The fourth-order valence-electron chi connectivity index (χ4n) is 2.57. The van der Waals surface area contributed by atoms with Gasteiger partial charge in [0.25, 0.3) is 0 Å². The van der Waals surface area contributed by atoms with Crippen LogP contribution < -0.4 is 0 Å². The zero-order valence-electron chi connectivity index (χ0n) is 10.3. The molecule has 0 aliphatic carbocycles. The Morgan fingerprint density at radius 1 is 1.28 bits per heavy atom. The zero-order chi connectivity index (χ0) is 12.8. The first-order chi connectivity index (χ1) is 8.55. The Labute approximate surface area is 107 Å². The Hall–Kier alpha value is -1.36. The van der Waals surface area contributed by atoms with Crippen LogP contribution in [0.3, 0.4) is 0 Å². The summed E-state index contributed by atoms with van der Waals surface area (Å²) in [7, 11) is -2.81. The van der Waals surface area contributed by atoms with E-state index in [4.69, 9.17) is 0 Å². The second kappa shape index (κ2) is 4.09. The van der Waals surface area contributed by atoms with Gasteiger partial charge in [0.15, 0.2) is 0 Å². The normalized spacial score (nSPS) is 20.3. The number of fused-ring (bicyclic) bond motifs is 1. The summed E-state index contributed by atoms with van der Waals surface area (Å²) in [4.78, 5) is 4.48. The minimum absolute atomic E-state index is 0.262. The van der Waals surface area contributed by atoms with Crippen LogP contribution in [0.15, 0.2) is 24.5 Å². The molecule has 0 radical (unpaired) electrons. The third-order valence-electron chi connectivity index (χ3n) is 3.62. The lowest BCUT2D eigenvalue weighted by atomic mass is 10.0. The van der Waals surface area contributed by atoms with Crippen LogP contribution in [0.5, 0.6) is 0 Å². The maximum atomic E-state index is 11.5. The van der Waals surface area contributed by atoms with Crippen LogP contribution in [-0.2, 0) is 9.84 Å². The van der Waals surface area contributed by atoms with E-state index in [9.17, 15) is 8.42 Å². The fourth-order valence-corrected chi connectivity index (χ4v) is 4.06. The van der Waals surface area contributed by atoms with Crippen molar-refractivity contribution >= 4 is 15.4 Å². The number of aromatic nitrogens is 2. The first kappa shape index (κ1) is 11.7. The first-order valence-corrected chi connectivity index (χ1v) is 8.01. The zero-order valence-corrected chi connectivity index (χ0v) is 11.2. The number of rotatable bonds is 1. The SMILES string of the molecule is Cc1ccc2cnc(C3CCS(=O)(=O)CC3)n2c1. The molecule has 1 aliphatic rings. The number of aryl methyl sites for hydroxylation is 1. The van der Waals surface area contributed by atoms with Gasteiger partial charge in [-0.05, 0) is 31.4 Å². The average molecular weight is 264 g/mol. The van der Waals surface area contributed by atoms with Gasteiger partial charge in [-0.15, -0.1) is 0 Å². The van der Waals surface area contributed by atoms with Crippen molar-refractivity contribution in [2.45, 2.75) is 25.7 Å². The van der Waals surface area contributed by atoms with E-state index in [1.807, 2.05) is 12.3 Å². The predicted molar refractivity (Wildman–Crippen MR) is 70.6 cm³/mol. The van der Waals surface area contributed by atoms with Crippen LogP contribution in [0.2, 0.25) is 0 Å². The van der Waals surface area contributed by atoms with Gasteiger partial charge in [-0.2, -0.15) is 0 Å². The summed E-state index contributed by atoms with van der Waals surface area (Å²) in [5, 5.41) is 0. The van der Waals surface area contributed by atoms with Gasteiger partial charge in [0.05, 0.1) is 23.2 Å². The summed E-state index contributed by atoms with van der Waals surface area (Å²) < 4.78 is 25.0. The third-order valence-corrected chi connectivity index (χ3v) is 5.34.